The summed E-state index contributed by atoms with van der Waals surface area (Å²) in [6.45, 7) is 0. The number of hydrogen-bond acceptors (Lipinski definition) is 2. The first-order chi connectivity index (χ1) is 9.58. The molecule has 1 aliphatic rings. The molecular formula is C15H17BrFN3. The highest BCUT2D eigenvalue weighted by atomic mass is 79.9. The number of imidazole rings is 1. The molecule has 0 radical (unpaired) electrons. The van der Waals surface area contributed by atoms with Crippen molar-refractivity contribution in [1.82, 2.24) is 9.55 Å². The molecule has 2 N–H and O–H groups in total. The molecule has 1 aromatic carbocycles. The zero-order valence-electron chi connectivity index (χ0n) is 11.4. The van der Waals surface area contributed by atoms with E-state index in [-0.39, 0.29) is 5.82 Å². The Labute approximate surface area is 126 Å². The lowest BCUT2D eigenvalue weighted by Gasteiger charge is -2.08. The van der Waals surface area contributed by atoms with Crippen LogP contribution in [0.2, 0.25) is 0 Å². The monoisotopic (exact) mass is 337 g/mol. The Hall–Kier alpha value is -1.36. The summed E-state index contributed by atoms with van der Waals surface area (Å²) in [7, 11) is 1.96. The van der Waals surface area contributed by atoms with Gasteiger partial charge in [-0.25, -0.2) is 9.37 Å². The molecule has 106 valence electrons. The molecule has 0 saturated heterocycles. The second-order valence-electron chi connectivity index (χ2n) is 5.37. The third kappa shape index (κ3) is 2.24. The molecule has 1 aromatic heterocycles. The van der Waals surface area contributed by atoms with Crippen LogP contribution in [0.25, 0.3) is 11.3 Å². The number of anilines is 1. The van der Waals surface area contributed by atoms with Gasteiger partial charge >= 0.3 is 0 Å². The van der Waals surface area contributed by atoms with Gasteiger partial charge in [0.2, 0.25) is 0 Å². The molecule has 0 atom stereocenters. The smallest absolute Gasteiger partial charge is 0.131 e. The molecule has 0 unspecified atom stereocenters. The topological polar surface area (TPSA) is 43.8 Å². The quantitative estimate of drug-likeness (QED) is 0.891. The van der Waals surface area contributed by atoms with E-state index >= 15 is 0 Å². The molecule has 0 spiro atoms. The van der Waals surface area contributed by atoms with Gasteiger partial charge in [0, 0.05) is 23.0 Å². The van der Waals surface area contributed by atoms with E-state index < -0.39 is 0 Å². The largest absolute Gasteiger partial charge is 0.383 e. The minimum Gasteiger partial charge on any atom is -0.383 e. The Kier molecular flexibility index (Phi) is 3.54. The summed E-state index contributed by atoms with van der Waals surface area (Å²) in [5.74, 6) is 1.91. The van der Waals surface area contributed by atoms with E-state index in [9.17, 15) is 4.39 Å². The standard InChI is InChI=1S/C15H17BrFN3/c1-20-14(18)13(11-7-6-10(17)8-12(11)16)19-15(20)9-4-2-3-5-9/h6-9H,2-5,18H2,1H3. The zero-order chi connectivity index (χ0) is 14.3. The summed E-state index contributed by atoms with van der Waals surface area (Å²) >= 11 is 3.39. The van der Waals surface area contributed by atoms with Crippen molar-refractivity contribution in [1.29, 1.82) is 0 Å². The summed E-state index contributed by atoms with van der Waals surface area (Å²) in [5, 5.41) is 0. The van der Waals surface area contributed by atoms with Gasteiger partial charge in [-0.2, -0.15) is 0 Å². The van der Waals surface area contributed by atoms with E-state index in [1.54, 1.807) is 6.07 Å². The van der Waals surface area contributed by atoms with E-state index in [2.05, 4.69) is 15.9 Å². The molecule has 20 heavy (non-hydrogen) atoms. The molecule has 3 rings (SSSR count). The van der Waals surface area contributed by atoms with Crippen molar-refractivity contribution in [3.63, 3.8) is 0 Å². The number of benzene rings is 1. The average molecular weight is 338 g/mol. The first kappa shape index (κ1) is 13.6. The summed E-state index contributed by atoms with van der Waals surface area (Å²) < 4.78 is 15.9. The van der Waals surface area contributed by atoms with E-state index in [1.165, 1.54) is 37.8 Å². The average Bonchev–Trinajstić information content (AvgIpc) is 3.01. The van der Waals surface area contributed by atoms with Gasteiger partial charge in [-0.1, -0.05) is 12.8 Å². The number of nitrogen functional groups attached to an aromatic ring is 1. The Morgan fingerprint density at radius 1 is 1.35 bits per heavy atom. The lowest BCUT2D eigenvalue weighted by Crippen LogP contribution is -2.05. The summed E-state index contributed by atoms with van der Waals surface area (Å²) in [5.41, 5.74) is 7.77. The fourth-order valence-corrected chi connectivity index (χ4v) is 3.50. The summed E-state index contributed by atoms with van der Waals surface area (Å²) in [6.07, 6.45) is 4.86. The van der Waals surface area contributed by atoms with Crippen molar-refractivity contribution < 1.29 is 4.39 Å². The van der Waals surface area contributed by atoms with E-state index in [0.29, 0.717) is 16.2 Å². The van der Waals surface area contributed by atoms with Crippen LogP contribution in [0, 0.1) is 5.82 Å². The van der Waals surface area contributed by atoms with Gasteiger partial charge in [0.05, 0.1) is 0 Å². The van der Waals surface area contributed by atoms with E-state index in [1.807, 2.05) is 11.6 Å². The first-order valence-electron chi connectivity index (χ1n) is 6.85. The van der Waals surface area contributed by atoms with Crippen LogP contribution in [0.1, 0.15) is 37.4 Å². The van der Waals surface area contributed by atoms with Crippen LogP contribution in [0.5, 0.6) is 0 Å². The highest BCUT2D eigenvalue weighted by molar-refractivity contribution is 9.10. The maximum absolute atomic E-state index is 13.2. The Bertz CT molecular complexity index is 645. The van der Waals surface area contributed by atoms with Crippen LogP contribution in [-0.2, 0) is 7.05 Å². The second-order valence-corrected chi connectivity index (χ2v) is 6.22. The van der Waals surface area contributed by atoms with Gasteiger partial charge in [-0.05, 0) is 47.0 Å². The maximum Gasteiger partial charge on any atom is 0.131 e. The third-order valence-electron chi connectivity index (χ3n) is 4.08. The normalized spacial score (nSPS) is 15.9. The maximum atomic E-state index is 13.2. The number of rotatable bonds is 2. The SMILES string of the molecule is Cn1c(C2CCCC2)nc(-c2ccc(F)cc2Br)c1N. The summed E-state index contributed by atoms with van der Waals surface area (Å²) in [6, 6.07) is 4.60. The molecular weight excluding hydrogens is 321 g/mol. The van der Waals surface area contributed by atoms with Crippen molar-refractivity contribution in [2.24, 2.45) is 7.05 Å². The molecule has 1 saturated carbocycles. The van der Waals surface area contributed by atoms with Crippen LogP contribution >= 0.6 is 15.9 Å². The molecule has 5 heteroatoms. The Morgan fingerprint density at radius 2 is 2.05 bits per heavy atom. The van der Waals surface area contributed by atoms with Crippen molar-refractivity contribution >= 4 is 21.7 Å². The lowest BCUT2D eigenvalue weighted by molar-refractivity contribution is 0.627. The van der Waals surface area contributed by atoms with Crippen molar-refractivity contribution in [2.75, 3.05) is 5.73 Å². The van der Waals surface area contributed by atoms with Crippen LogP contribution in [0.4, 0.5) is 10.2 Å². The first-order valence-corrected chi connectivity index (χ1v) is 7.64. The Morgan fingerprint density at radius 3 is 2.70 bits per heavy atom. The van der Waals surface area contributed by atoms with Gasteiger partial charge in [-0.15, -0.1) is 0 Å². The molecule has 0 bridgehead atoms. The highest BCUT2D eigenvalue weighted by Crippen LogP contribution is 2.38. The molecule has 0 aliphatic heterocycles. The lowest BCUT2D eigenvalue weighted by atomic mass is 10.1. The van der Waals surface area contributed by atoms with Gasteiger partial charge < -0.3 is 10.3 Å². The number of nitrogens with zero attached hydrogens (tertiary/aromatic N) is 2. The predicted molar refractivity (Wildman–Crippen MR) is 81.9 cm³/mol. The minimum absolute atomic E-state index is 0.272. The van der Waals surface area contributed by atoms with E-state index in [4.69, 9.17) is 10.7 Å². The number of halogens is 2. The third-order valence-corrected chi connectivity index (χ3v) is 4.74. The fourth-order valence-electron chi connectivity index (χ4n) is 2.96. The van der Waals surface area contributed by atoms with Gasteiger partial charge in [-0.3, -0.25) is 0 Å². The molecule has 3 nitrogen and oxygen atoms in total. The van der Waals surface area contributed by atoms with Crippen LogP contribution in [0.3, 0.4) is 0 Å². The van der Waals surface area contributed by atoms with Gasteiger partial charge in [0.25, 0.3) is 0 Å². The molecule has 2 aromatic rings. The second kappa shape index (κ2) is 5.20. The predicted octanol–water partition coefficient (Wildman–Crippen LogP) is 4.23. The van der Waals surface area contributed by atoms with Crippen molar-refractivity contribution in [2.45, 2.75) is 31.6 Å². The fraction of sp³-hybridized carbons (Fsp3) is 0.400. The molecule has 1 heterocycles. The molecule has 1 aliphatic carbocycles. The van der Waals surface area contributed by atoms with E-state index in [0.717, 1.165) is 17.1 Å². The van der Waals surface area contributed by atoms with Crippen molar-refractivity contribution in [3.8, 4) is 11.3 Å². The minimum atomic E-state index is -0.272. The summed E-state index contributed by atoms with van der Waals surface area (Å²) in [4.78, 5) is 4.74. The van der Waals surface area contributed by atoms with Gasteiger partial charge in [0.15, 0.2) is 0 Å². The Balaban J connectivity index is 2.07. The zero-order valence-corrected chi connectivity index (χ0v) is 13.0. The van der Waals surface area contributed by atoms with Crippen LogP contribution in [0.15, 0.2) is 22.7 Å². The van der Waals surface area contributed by atoms with Crippen LogP contribution in [-0.4, -0.2) is 9.55 Å². The molecule has 1 fully saturated rings. The van der Waals surface area contributed by atoms with Crippen LogP contribution < -0.4 is 5.73 Å². The number of hydrogen-bond donors (Lipinski definition) is 1. The molecule has 0 amide bonds. The number of aromatic nitrogens is 2. The number of nitrogens with two attached hydrogens (primary N) is 1. The van der Waals surface area contributed by atoms with Gasteiger partial charge in [0.1, 0.15) is 23.2 Å². The van der Waals surface area contributed by atoms with Crippen molar-refractivity contribution in [3.05, 3.63) is 34.3 Å². The highest BCUT2D eigenvalue weighted by Gasteiger charge is 2.25.